The molecule has 2 amide bonds. The summed E-state index contributed by atoms with van der Waals surface area (Å²) in [6.07, 6.45) is 3.00. The molecule has 0 spiro atoms. The number of thiazole rings is 1. The van der Waals surface area contributed by atoms with E-state index in [1.54, 1.807) is 24.8 Å². The highest BCUT2D eigenvalue weighted by atomic mass is 32.1. The molecule has 0 radical (unpaired) electrons. The molecule has 0 aliphatic rings. The zero-order valence-electron chi connectivity index (χ0n) is 18.7. The predicted octanol–water partition coefficient (Wildman–Crippen LogP) is 4.28. The van der Waals surface area contributed by atoms with E-state index in [1.807, 2.05) is 25.1 Å². The number of anilines is 1. The van der Waals surface area contributed by atoms with E-state index in [4.69, 9.17) is 4.74 Å². The summed E-state index contributed by atoms with van der Waals surface area (Å²) in [7, 11) is 0. The molecule has 1 heterocycles. The van der Waals surface area contributed by atoms with Gasteiger partial charge in [-0.25, -0.2) is 9.78 Å². The fourth-order valence-electron chi connectivity index (χ4n) is 3.04. The molecule has 1 N–H and O–H groups in total. The molecule has 2 aromatic rings. The molecule has 7 nitrogen and oxygen atoms in total. The number of benzene rings is 1. The molecule has 1 aromatic carbocycles. The molecule has 31 heavy (non-hydrogen) atoms. The van der Waals surface area contributed by atoms with Crippen molar-refractivity contribution < 1.29 is 19.1 Å². The second-order valence-corrected chi connectivity index (χ2v) is 8.24. The number of nitrogens with zero attached hydrogens (tertiary/aromatic N) is 2. The first-order valence-corrected chi connectivity index (χ1v) is 11.5. The summed E-state index contributed by atoms with van der Waals surface area (Å²) in [5.74, 6) is -0.761. The van der Waals surface area contributed by atoms with Gasteiger partial charge in [0.15, 0.2) is 5.13 Å². The van der Waals surface area contributed by atoms with Gasteiger partial charge < -0.3 is 10.1 Å². The van der Waals surface area contributed by atoms with Crippen molar-refractivity contribution in [3.63, 3.8) is 0 Å². The van der Waals surface area contributed by atoms with Crippen molar-refractivity contribution in [1.29, 1.82) is 0 Å². The van der Waals surface area contributed by atoms with Crippen LogP contribution in [0.2, 0.25) is 0 Å². The minimum atomic E-state index is -0.421. The SMILES string of the molecule is CCCCCN(C(=O)CCNC(=O)c1cccc(C)c1)c1nc(C)c(C(=O)OCC)s1. The maximum Gasteiger partial charge on any atom is 0.350 e. The molecule has 0 saturated carbocycles. The molecule has 0 atom stereocenters. The number of amides is 2. The molecule has 0 aliphatic heterocycles. The standard InChI is InChI=1S/C23H31N3O4S/c1-5-7-8-14-26(23-25-17(4)20(31-23)22(29)30-6-2)19(27)12-13-24-21(28)18-11-9-10-16(3)15-18/h9-11,15H,5-8,12-14H2,1-4H3,(H,24,28). The van der Waals surface area contributed by atoms with Gasteiger partial charge in [-0.15, -0.1) is 0 Å². The Morgan fingerprint density at radius 1 is 1.16 bits per heavy atom. The van der Waals surface area contributed by atoms with Crippen molar-refractivity contribution in [3.05, 3.63) is 46.0 Å². The van der Waals surface area contributed by atoms with Crippen LogP contribution in [0.4, 0.5) is 5.13 Å². The fraction of sp³-hybridized carbons (Fsp3) is 0.478. The number of hydrogen-bond acceptors (Lipinski definition) is 6. The zero-order chi connectivity index (χ0) is 22.8. The Bertz CT molecular complexity index is 910. The maximum absolute atomic E-state index is 13.0. The summed E-state index contributed by atoms with van der Waals surface area (Å²) in [5.41, 5.74) is 2.13. The van der Waals surface area contributed by atoms with Crippen LogP contribution in [-0.4, -0.2) is 42.5 Å². The monoisotopic (exact) mass is 445 g/mol. The van der Waals surface area contributed by atoms with E-state index in [0.717, 1.165) is 24.8 Å². The average molecular weight is 446 g/mol. The third kappa shape index (κ3) is 7.17. The van der Waals surface area contributed by atoms with E-state index in [2.05, 4.69) is 17.2 Å². The molecule has 0 fully saturated rings. The molecule has 0 unspecified atom stereocenters. The number of hydrogen-bond donors (Lipinski definition) is 1. The molecular formula is C23H31N3O4S. The number of rotatable bonds is 11. The van der Waals surface area contributed by atoms with Crippen LogP contribution in [-0.2, 0) is 9.53 Å². The topological polar surface area (TPSA) is 88.6 Å². The number of aryl methyl sites for hydroxylation is 2. The van der Waals surface area contributed by atoms with Crippen LogP contribution >= 0.6 is 11.3 Å². The lowest BCUT2D eigenvalue weighted by Gasteiger charge is -2.20. The minimum absolute atomic E-state index is 0.134. The van der Waals surface area contributed by atoms with Crippen LogP contribution in [0, 0.1) is 13.8 Å². The molecule has 0 bridgehead atoms. The lowest BCUT2D eigenvalue weighted by Crippen LogP contribution is -2.35. The number of carbonyl (C=O) groups excluding carboxylic acids is 3. The lowest BCUT2D eigenvalue weighted by atomic mass is 10.1. The van der Waals surface area contributed by atoms with Crippen molar-refractivity contribution in [2.45, 2.75) is 53.4 Å². The molecular weight excluding hydrogens is 414 g/mol. The third-order valence-electron chi connectivity index (χ3n) is 4.67. The van der Waals surface area contributed by atoms with Gasteiger partial charge in [0.2, 0.25) is 5.91 Å². The largest absolute Gasteiger partial charge is 0.462 e. The van der Waals surface area contributed by atoms with Crippen LogP contribution in [0.3, 0.4) is 0 Å². The lowest BCUT2D eigenvalue weighted by molar-refractivity contribution is -0.118. The Hall–Kier alpha value is -2.74. The highest BCUT2D eigenvalue weighted by Gasteiger charge is 2.23. The molecule has 168 valence electrons. The molecule has 8 heteroatoms. The van der Waals surface area contributed by atoms with E-state index in [-0.39, 0.29) is 31.4 Å². The van der Waals surface area contributed by atoms with Gasteiger partial charge in [-0.2, -0.15) is 0 Å². The summed E-state index contributed by atoms with van der Waals surface area (Å²) < 4.78 is 5.08. The fourth-order valence-corrected chi connectivity index (χ4v) is 4.04. The number of unbranched alkanes of at least 4 members (excludes halogenated alkanes) is 2. The maximum atomic E-state index is 13.0. The van der Waals surface area contributed by atoms with Crippen molar-refractivity contribution in [2.75, 3.05) is 24.6 Å². The average Bonchev–Trinajstić information content (AvgIpc) is 3.12. The predicted molar refractivity (Wildman–Crippen MR) is 123 cm³/mol. The molecule has 0 aliphatic carbocycles. The van der Waals surface area contributed by atoms with Gasteiger partial charge in [0.25, 0.3) is 5.91 Å². The first-order chi connectivity index (χ1) is 14.9. The number of ether oxygens (including phenoxy) is 1. The normalized spacial score (nSPS) is 10.6. The molecule has 2 rings (SSSR count). The Morgan fingerprint density at radius 2 is 1.94 bits per heavy atom. The summed E-state index contributed by atoms with van der Waals surface area (Å²) in [6, 6.07) is 7.31. The summed E-state index contributed by atoms with van der Waals surface area (Å²) in [4.78, 5) is 43.9. The van der Waals surface area contributed by atoms with Crippen molar-refractivity contribution >= 4 is 34.3 Å². The van der Waals surface area contributed by atoms with Crippen LogP contribution in [0.15, 0.2) is 24.3 Å². The van der Waals surface area contributed by atoms with Crippen LogP contribution in [0.25, 0.3) is 0 Å². The second kappa shape index (κ2) is 12.2. The smallest absolute Gasteiger partial charge is 0.350 e. The number of carbonyl (C=O) groups is 3. The number of nitrogens with one attached hydrogen (secondary N) is 1. The van der Waals surface area contributed by atoms with Gasteiger partial charge in [0.1, 0.15) is 4.88 Å². The minimum Gasteiger partial charge on any atom is -0.462 e. The zero-order valence-corrected chi connectivity index (χ0v) is 19.5. The van der Waals surface area contributed by atoms with E-state index < -0.39 is 5.97 Å². The molecule has 1 aromatic heterocycles. The third-order valence-corrected chi connectivity index (χ3v) is 5.83. The quantitative estimate of drug-likeness (QED) is 0.412. The Labute approximate surface area is 187 Å². The van der Waals surface area contributed by atoms with E-state index in [0.29, 0.717) is 27.8 Å². The van der Waals surface area contributed by atoms with Crippen LogP contribution in [0.5, 0.6) is 0 Å². The van der Waals surface area contributed by atoms with Crippen molar-refractivity contribution in [2.24, 2.45) is 0 Å². The summed E-state index contributed by atoms with van der Waals surface area (Å²) >= 11 is 1.17. The van der Waals surface area contributed by atoms with Crippen molar-refractivity contribution in [1.82, 2.24) is 10.3 Å². The van der Waals surface area contributed by atoms with Crippen LogP contribution < -0.4 is 10.2 Å². The van der Waals surface area contributed by atoms with Crippen molar-refractivity contribution in [3.8, 4) is 0 Å². The summed E-state index contributed by atoms with van der Waals surface area (Å²) in [6.45, 7) is 8.54. The highest BCUT2D eigenvalue weighted by Crippen LogP contribution is 2.27. The summed E-state index contributed by atoms with van der Waals surface area (Å²) in [5, 5.41) is 3.30. The van der Waals surface area contributed by atoms with Gasteiger partial charge in [0.05, 0.1) is 12.3 Å². The second-order valence-electron chi connectivity index (χ2n) is 7.26. The van der Waals surface area contributed by atoms with Gasteiger partial charge >= 0.3 is 5.97 Å². The van der Waals surface area contributed by atoms with Gasteiger partial charge in [-0.05, 0) is 39.3 Å². The van der Waals surface area contributed by atoms with Gasteiger partial charge in [-0.1, -0.05) is 48.8 Å². The molecule has 0 saturated heterocycles. The first-order valence-electron chi connectivity index (χ1n) is 10.7. The van der Waals surface area contributed by atoms with Gasteiger partial charge in [0, 0.05) is 25.1 Å². The van der Waals surface area contributed by atoms with E-state index in [9.17, 15) is 14.4 Å². The van der Waals surface area contributed by atoms with Gasteiger partial charge in [-0.3, -0.25) is 14.5 Å². The van der Waals surface area contributed by atoms with E-state index >= 15 is 0 Å². The Kier molecular flexibility index (Phi) is 9.65. The van der Waals surface area contributed by atoms with Crippen LogP contribution in [0.1, 0.15) is 70.8 Å². The number of esters is 1. The first kappa shape index (κ1) is 24.5. The Balaban J connectivity index is 2.05. The highest BCUT2D eigenvalue weighted by molar-refractivity contribution is 7.17. The Morgan fingerprint density at radius 3 is 2.61 bits per heavy atom. The number of aromatic nitrogens is 1. The van der Waals surface area contributed by atoms with E-state index in [1.165, 1.54) is 11.3 Å².